The van der Waals surface area contributed by atoms with Crippen molar-refractivity contribution in [3.63, 3.8) is 0 Å². The van der Waals surface area contributed by atoms with Crippen molar-refractivity contribution in [3.05, 3.63) is 0 Å². The maximum absolute atomic E-state index is 12.8. The molecule has 0 aromatic rings. The van der Waals surface area contributed by atoms with Crippen LogP contribution in [0.2, 0.25) is 0 Å². The first-order chi connectivity index (χ1) is 23.0. The van der Waals surface area contributed by atoms with Crippen molar-refractivity contribution in [2.75, 3.05) is 19.0 Å². The van der Waals surface area contributed by atoms with E-state index in [1.165, 1.54) is 141 Å². The molecule has 0 aliphatic carbocycles. The van der Waals surface area contributed by atoms with Crippen LogP contribution >= 0.6 is 12.6 Å². The molecule has 47 heavy (non-hydrogen) atoms. The quantitative estimate of drug-likeness (QED) is 0.0387. The van der Waals surface area contributed by atoms with Crippen LogP contribution in [0.25, 0.3) is 0 Å². The molecule has 0 spiro atoms. The van der Waals surface area contributed by atoms with Crippen LogP contribution in [0.15, 0.2) is 0 Å². The van der Waals surface area contributed by atoms with Gasteiger partial charge in [-0.05, 0) is 25.0 Å². The van der Waals surface area contributed by atoms with Crippen molar-refractivity contribution >= 4 is 30.5 Å². The number of hydrogen-bond acceptors (Lipinski definition) is 6. The van der Waals surface area contributed by atoms with Gasteiger partial charge in [0.05, 0.1) is 19.6 Å². The Kier molecular flexibility index (Phi) is 36.6. The summed E-state index contributed by atoms with van der Waals surface area (Å²) in [6.07, 6.45) is 36.2. The molecule has 0 aliphatic heterocycles. The first-order valence-electron chi connectivity index (χ1n) is 20.3. The summed E-state index contributed by atoms with van der Waals surface area (Å²) >= 11 is 4.16. The molecule has 1 amide bonds. The topological polar surface area (TPSA) is 81.7 Å². The van der Waals surface area contributed by atoms with E-state index in [0.717, 1.165) is 38.5 Å². The molecule has 0 unspecified atom stereocenters. The fraction of sp³-hybridized carbons (Fsp3) is 0.925. The molecule has 0 radical (unpaired) electrons. The maximum Gasteiger partial charge on any atom is 0.329 e. The van der Waals surface area contributed by atoms with E-state index in [9.17, 15) is 14.4 Å². The molecule has 0 aromatic carbocycles. The van der Waals surface area contributed by atoms with E-state index < -0.39 is 18.0 Å². The molecule has 0 fully saturated rings. The molecule has 0 heterocycles. The van der Waals surface area contributed by atoms with Crippen LogP contribution in [0, 0.1) is 0 Å². The lowest BCUT2D eigenvalue weighted by molar-refractivity contribution is -0.154. The van der Waals surface area contributed by atoms with Crippen molar-refractivity contribution in [2.45, 2.75) is 219 Å². The minimum absolute atomic E-state index is 0.192. The Morgan fingerprint density at radius 1 is 0.489 bits per heavy atom. The van der Waals surface area contributed by atoms with Crippen LogP contribution in [0.5, 0.6) is 0 Å². The van der Waals surface area contributed by atoms with E-state index in [1.54, 1.807) is 0 Å². The number of esters is 2. The van der Waals surface area contributed by atoms with Gasteiger partial charge in [-0.15, -0.1) is 0 Å². The van der Waals surface area contributed by atoms with Crippen molar-refractivity contribution in [3.8, 4) is 0 Å². The molecule has 6 nitrogen and oxygen atoms in total. The lowest BCUT2D eigenvalue weighted by Gasteiger charge is -2.17. The zero-order valence-electron chi connectivity index (χ0n) is 31.1. The molecule has 1 atom stereocenters. The summed E-state index contributed by atoms with van der Waals surface area (Å²) in [4.78, 5) is 37.6. The lowest BCUT2D eigenvalue weighted by atomic mass is 10.0. The second-order valence-corrected chi connectivity index (χ2v) is 14.2. The first-order valence-corrected chi connectivity index (χ1v) is 20.9. The lowest BCUT2D eigenvalue weighted by Crippen LogP contribution is -2.43. The van der Waals surface area contributed by atoms with Gasteiger partial charge in [-0.2, -0.15) is 12.6 Å². The molecule has 1 N–H and O–H groups in total. The van der Waals surface area contributed by atoms with Gasteiger partial charge in [0.2, 0.25) is 5.91 Å². The maximum atomic E-state index is 12.8. The Labute approximate surface area is 296 Å². The van der Waals surface area contributed by atoms with Crippen LogP contribution < -0.4 is 5.32 Å². The van der Waals surface area contributed by atoms with E-state index in [-0.39, 0.29) is 18.7 Å². The summed E-state index contributed by atoms with van der Waals surface area (Å²) in [6, 6.07) is -1.00. The third-order valence-electron chi connectivity index (χ3n) is 9.06. The normalized spacial score (nSPS) is 11.8. The Morgan fingerprint density at radius 2 is 0.830 bits per heavy atom. The largest absolute Gasteiger partial charge is 0.466 e. The second kappa shape index (κ2) is 37.6. The molecule has 0 bridgehead atoms. The number of carbonyl (C=O) groups is 3. The zero-order chi connectivity index (χ0) is 34.5. The first kappa shape index (κ1) is 45.8. The smallest absolute Gasteiger partial charge is 0.329 e. The standard InChI is InChI=1S/C40H77NO5S/c1-3-5-7-9-11-13-15-17-19-21-23-25-27-29-33-45-39(43)36-37(41-38(42)32-31-35-47)40(44)46-34-30-28-26-24-22-20-18-16-14-12-10-8-6-4-2/h37,47H,3-36H2,1-2H3,(H,41,42)/t37-/m0/s1. The molecule has 0 aliphatic rings. The average molecular weight is 684 g/mol. The highest BCUT2D eigenvalue weighted by molar-refractivity contribution is 7.80. The predicted molar refractivity (Wildman–Crippen MR) is 202 cm³/mol. The van der Waals surface area contributed by atoms with Crippen LogP contribution in [0.1, 0.15) is 213 Å². The van der Waals surface area contributed by atoms with Gasteiger partial charge in [0, 0.05) is 6.42 Å². The summed E-state index contributed by atoms with van der Waals surface area (Å²) in [5.41, 5.74) is 0. The summed E-state index contributed by atoms with van der Waals surface area (Å²) in [5.74, 6) is -0.694. The number of thiol groups is 1. The van der Waals surface area contributed by atoms with Gasteiger partial charge < -0.3 is 14.8 Å². The van der Waals surface area contributed by atoms with Gasteiger partial charge >= 0.3 is 11.9 Å². The summed E-state index contributed by atoms with van der Waals surface area (Å²) in [6.45, 7) is 5.19. The Hall–Kier alpha value is -1.24. The molecule has 278 valence electrons. The predicted octanol–water partition coefficient (Wildman–Crippen LogP) is 11.6. The molecular formula is C40H77NO5S. The van der Waals surface area contributed by atoms with E-state index in [1.807, 2.05) is 0 Å². The number of unbranched alkanes of at least 4 members (excludes halogenated alkanes) is 26. The third-order valence-corrected chi connectivity index (χ3v) is 9.37. The molecular weight excluding hydrogens is 607 g/mol. The summed E-state index contributed by atoms with van der Waals surface area (Å²) in [5, 5.41) is 2.69. The van der Waals surface area contributed by atoms with E-state index in [2.05, 4.69) is 31.8 Å². The average Bonchev–Trinajstić information content (AvgIpc) is 3.06. The zero-order valence-corrected chi connectivity index (χ0v) is 32.0. The second-order valence-electron chi connectivity index (χ2n) is 13.7. The highest BCUT2D eigenvalue weighted by atomic mass is 32.1. The monoisotopic (exact) mass is 684 g/mol. The molecule has 0 saturated heterocycles. The number of hydrogen-bond donors (Lipinski definition) is 2. The highest BCUT2D eigenvalue weighted by Crippen LogP contribution is 2.15. The van der Waals surface area contributed by atoms with Crippen LogP contribution in [-0.2, 0) is 23.9 Å². The van der Waals surface area contributed by atoms with Gasteiger partial charge in [0.1, 0.15) is 6.04 Å². The van der Waals surface area contributed by atoms with Crippen molar-refractivity contribution in [1.29, 1.82) is 0 Å². The van der Waals surface area contributed by atoms with Gasteiger partial charge in [-0.25, -0.2) is 4.79 Å². The molecule has 0 rings (SSSR count). The van der Waals surface area contributed by atoms with Crippen LogP contribution in [-0.4, -0.2) is 42.9 Å². The Bertz CT molecular complexity index is 704. The fourth-order valence-corrected chi connectivity index (χ4v) is 6.14. The fourth-order valence-electron chi connectivity index (χ4n) is 5.98. The summed E-state index contributed by atoms with van der Waals surface area (Å²) < 4.78 is 10.9. The number of amides is 1. The number of nitrogens with one attached hydrogen (secondary N) is 1. The number of rotatable bonds is 37. The van der Waals surface area contributed by atoms with E-state index >= 15 is 0 Å². The Morgan fingerprint density at radius 3 is 1.19 bits per heavy atom. The van der Waals surface area contributed by atoms with E-state index in [4.69, 9.17) is 9.47 Å². The minimum Gasteiger partial charge on any atom is -0.466 e. The van der Waals surface area contributed by atoms with Crippen molar-refractivity contribution in [2.24, 2.45) is 0 Å². The van der Waals surface area contributed by atoms with Gasteiger partial charge in [-0.1, -0.05) is 181 Å². The van der Waals surface area contributed by atoms with Gasteiger partial charge in [0.25, 0.3) is 0 Å². The molecule has 0 saturated carbocycles. The molecule has 7 heteroatoms. The molecule has 0 aromatic heterocycles. The van der Waals surface area contributed by atoms with Gasteiger partial charge in [0.15, 0.2) is 0 Å². The van der Waals surface area contributed by atoms with Crippen molar-refractivity contribution < 1.29 is 23.9 Å². The third kappa shape index (κ3) is 34.4. The van der Waals surface area contributed by atoms with E-state index in [0.29, 0.717) is 25.4 Å². The highest BCUT2D eigenvalue weighted by Gasteiger charge is 2.26. The Balaban J connectivity index is 3.99. The van der Waals surface area contributed by atoms with Gasteiger partial charge in [-0.3, -0.25) is 9.59 Å². The van der Waals surface area contributed by atoms with Crippen LogP contribution in [0.4, 0.5) is 0 Å². The van der Waals surface area contributed by atoms with Crippen LogP contribution in [0.3, 0.4) is 0 Å². The summed E-state index contributed by atoms with van der Waals surface area (Å²) in [7, 11) is 0. The number of carbonyl (C=O) groups excluding carboxylic acids is 3. The number of ether oxygens (including phenoxy) is 2. The minimum atomic E-state index is -1.00. The van der Waals surface area contributed by atoms with Crippen molar-refractivity contribution in [1.82, 2.24) is 5.32 Å². The SMILES string of the molecule is CCCCCCCCCCCCCCCCOC(=O)C[C@H](NC(=O)CCCS)C(=O)OCCCCCCCCCCCCCCCC.